The Kier molecular flexibility index (Phi) is 3.94. The molecular formula is C13H20BrN3. The Morgan fingerprint density at radius 2 is 2.00 bits per heavy atom. The second-order valence-electron chi connectivity index (χ2n) is 4.85. The lowest BCUT2D eigenvalue weighted by Gasteiger charge is -2.36. The fraction of sp³-hybridized carbons (Fsp3) is 0.538. The fourth-order valence-electron chi connectivity index (χ4n) is 2.43. The summed E-state index contributed by atoms with van der Waals surface area (Å²) in [5.74, 6) is 0. The summed E-state index contributed by atoms with van der Waals surface area (Å²) in [4.78, 5) is 4.71. The first kappa shape index (κ1) is 12.7. The Balaban J connectivity index is 2.11. The normalized spacial score (nSPS) is 18.3. The van der Waals surface area contributed by atoms with E-state index in [0.29, 0.717) is 6.04 Å². The third-order valence-electron chi connectivity index (χ3n) is 3.61. The van der Waals surface area contributed by atoms with Crippen molar-refractivity contribution in [3.63, 3.8) is 0 Å². The third-order valence-corrected chi connectivity index (χ3v) is 4.10. The maximum Gasteiger partial charge on any atom is 0.0600 e. The Labute approximate surface area is 112 Å². The molecule has 0 aliphatic carbocycles. The van der Waals surface area contributed by atoms with Crippen LogP contribution in [0.5, 0.6) is 0 Å². The van der Waals surface area contributed by atoms with E-state index >= 15 is 0 Å². The van der Waals surface area contributed by atoms with Crippen molar-refractivity contribution < 1.29 is 0 Å². The molecule has 1 aromatic rings. The van der Waals surface area contributed by atoms with Crippen LogP contribution in [0.15, 0.2) is 22.7 Å². The maximum absolute atomic E-state index is 6.07. The molecule has 1 saturated heterocycles. The van der Waals surface area contributed by atoms with Crippen molar-refractivity contribution in [2.45, 2.75) is 18.9 Å². The average Bonchev–Trinajstić information content (AvgIpc) is 2.29. The molecule has 1 aliphatic rings. The van der Waals surface area contributed by atoms with Crippen LogP contribution in [-0.4, -0.2) is 38.1 Å². The summed E-state index contributed by atoms with van der Waals surface area (Å²) in [6.07, 6.45) is 2.42. The molecular weight excluding hydrogens is 278 g/mol. The molecule has 0 amide bonds. The van der Waals surface area contributed by atoms with Gasteiger partial charge in [0.15, 0.2) is 0 Å². The number of nitrogens with zero attached hydrogens (tertiary/aromatic N) is 2. The van der Waals surface area contributed by atoms with Gasteiger partial charge in [0.1, 0.15) is 0 Å². The van der Waals surface area contributed by atoms with E-state index in [1.165, 1.54) is 25.9 Å². The van der Waals surface area contributed by atoms with Gasteiger partial charge in [0.2, 0.25) is 0 Å². The van der Waals surface area contributed by atoms with Crippen molar-refractivity contribution >= 4 is 27.3 Å². The van der Waals surface area contributed by atoms with Crippen molar-refractivity contribution in [1.29, 1.82) is 0 Å². The van der Waals surface area contributed by atoms with Crippen LogP contribution in [-0.2, 0) is 0 Å². The number of hydrogen-bond acceptors (Lipinski definition) is 3. The summed E-state index contributed by atoms with van der Waals surface area (Å²) >= 11 is 3.44. The minimum atomic E-state index is 0.606. The molecule has 0 unspecified atom stereocenters. The molecule has 4 heteroatoms. The highest BCUT2D eigenvalue weighted by Gasteiger charge is 2.21. The van der Waals surface area contributed by atoms with E-state index in [9.17, 15) is 0 Å². The second-order valence-corrected chi connectivity index (χ2v) is 5.76. The number of rotatable bonds is 2. The molecule has 17 heavy (non-hydrogen) atoms. The van der Waals surface area contributed by atoms with Crippen LogP contribution in [0.3, 0.4) is 0 Å². The molecule has 0 atom stereocenters. The highest BCUT2D eigenvalue weighted by molar-refractivity contribution is 9.10. The number of nitrogen functional groups attached to an aromatic ring is 1. The number of benzene rings is 1. The molecule has 0 spiro atoms. The van der Waals surface area contributed by atoms with Crippen LogP contribution >= 0.6 is 15.9 Å². The number of piperidine rings is 1. The lowest BCUT2D eigenvalue weighted by Crippen LogP contribution is -2.42. The predicted molar refractivity (Wildman–Crippen MR) is 77.5 cm³/mol. The highest BCUT2D eigenvalue weighted by atomic mass is 79.9. The monoisotopic (exact) mass is 297 g/mol. The SMILES string of the molecule is CN1CCC(N(C)c2ccc(Br)cc2N)CC1. The summed E-state index contributed by atoms with van der Waals surface area (Å²) in [6.45, 7) is 2.34. The van der Waals surface area contributed by atoms with Crippen LogP contribution in [0.2, 0.25) is 0 Å². The van der Waals surface area contributed by atoms with E-state index in [0.717, 1.165) is 15.8 Å². The van der Waals surface area contributed by atoms with Gasteiger partial charge in [0.05, 0.1) is 11.4 Å². The summed E-state index contributed by atoms with van der Waals surface area (Å²) in [5.41, 5.74) is 8.06. The van der Waals surface area contributed by atoms with Gasteiger partial charge in [0.25, 0.3) is 0 Å². The second kappa shape index (κ2) is 5.27. The molecule has 0 bridgehead atoms. The van der Waals surface area contributed by atoms with E-state index in [4.69, 9.17) is 5.73 Å². The van der Waals surface area contributed by atoms with Gasteiger partial charge in [-0.15, -0.1) is 0 Å². The van der Waals surface area contributed by atoms with Crippen molar-refractivity contribution in [3.8, 4) is 0 Å². The van der Waals surface area contributed by atoms with Gasteiger partial charge < -0.3 is 15.5 Å². The predicted octanol–water partition coefficient (Wildman–Crippen LogP) is 2.56. The minimum absolute atomic E-state index is 0.606. The Morgan fingerprint density at radius 1 is 1.35 bits per heavy atom. The van der Waals surface area contributed by atoms with Gasteiger partial charge in [-0.2, -0.15) is 0 Å². The van der Waals surface area contributed by atoms with Gasteiger partial charge in [-0.1, -0.05) is 15.9 Å². The molecule has 1 aliphatic heterocycles. The van der Waals surface area contributed by atoms with Crippen LogP contribution in [0.25, 0.3) is 0 Å². The molecule has 1 aromatic carbocycles. The molecule has 94 valence electrons. The van der Waals surface area contributed by atoms with Gasteiger partial charge in [0, 0.05) is 17.6 Å². The number of hydrogen-bond donors (Lipinski definition) is 1. The summed E-state index contributed by atoms with van der Waals surface area (Å²) in [6, 6.07) is 6.73. The van der Waals surface area contributed by atoms with E-state index < -0.39 is 0 Å². The molecule has 0 saturated carbocycles. The van der Waals surface area contributed by atoms with Gasteiger partial charge in [-0.25, -0.2) is 0 Å². The lowest BCUT2D eigenvalue weighted by atomic mass is 10.0. The summed E-state index contributed by atoms with van der Waals surface area (Å²) < 4.78 is 1.04. The van der Waals surface area contributed by atoms with Crippen molar-refractivity contribution in [1.82, 2.24) is 4.90 Å². The van der Waals surface area contributed by atoms with Gasteiger partial charge >= 0.3 is 0 Å². The van der Waals surface area contributed by atoms with Crippen molar-refractivity contribution in [2.24, 2.45) is 0 Å². The molecule has 2 rings (SSSR count). The van der Waals surface area contributed by atoms with Gasteiger partial charge in [-0.05, 0) is 51.2 Å². The lowest BCUT2D eigenvalue weighted by molar-refractivity contribution is 0.253. The standard InChI is InChI=1S/C13H20BrN3/c1-16-7-5-11(6-8-16)17(2)13-4-3-10(14)9-12(13)15/h3-4,9,11H,5-8,15H2,1-2H3. The molecule has 1 heterocycles. The molecule has 0 radical (unpaired) electrons. The fourth-order valence-corrected chi connectivity index (χ4v) is 2.80. The minimum Gasteiger partial charge on any atom is -0.397 e. The number of halogens is 1. The molecule has 0 aromatic heterocycles. The first-order chi connectivity index (χ1) is 8.08. The topological polar surface area (TPSA) is 32.5 Å². The number of likely N-dealkylation sites (tertiary alicyclic amines) is 1. The largest absolute Gasteiger partial charge is 0.397 e. The van der Waals surface area contributed by atoms with E-state index in [1.54, 1.807) is 0 Å². The zero-order valence-electron chi connectivity index (χ0n) is 10.5. The van der Waals surface area contributed by atoms with Crippen LogP contribution in [0, 0.1) is 0 Å². The smallest absolute Gasteiger partial charge is 0.0600 e. The van der Waals surface area contributed by atoms with E-state index in [-0.39, 0.29) is 0 Å². The van der Waals surface area contributed by atoms with Crippen molar-refractivity contribution in [2.75, 3.05) is 37.8 Å². The van der Waals surface area contributed by atoms with Crippen LogP contribution in [0.4, 0.5) is 11.4 Å². The zero-order valence-corrected chi connectivity index (χ0v) is 12.1. The highest BCUT2D eigenvalue weighted by Crippen LogP contribution is 2.29. The third kappa shape index (κ3) is 2.93. The van der Waals surface area contributed by atoms with Gasteiger partial charge in [-0.3, -0.25) is 0 Å². The quantitative estimate of drug-likeness (QED) is 0.852. The average molecular weight is 298 g/mol. The summed E-state index contributed by atoms with van der Waals surface area (Å²) in [7, 11) is 4.33. The van der Waals surface area contributed by atoms with E-state index in [2.05, 4.69) is 52.0 Å². The van der Waals surface area contributed by atoms with Crippen LogP contribution < -0.4 is 10.6 Å². The zero-order chi connectivity index (χ0) is 12.4. The summed E-state index contributed by atoms with van der Waals surface area (Å²) in [5, 5.41) is 0. The molecule has 3 nitrogen and oxygen atoms in total. The van der Waals surface area contributed by atoms with E-state index in [1.807, 2.05) is 6.07 Å². The van der Waals surface area contributed by atoms with Crippen LogP contribution in [0.1, 0.15) is 12.8 Å². The Bertz CT molecular complexity index is 386. The first-order valence-corrected chi connectivity index (χ1v) is 6.83. The number of nitrogens with two attached hydrogens (primary N) is 1. The maximum atomic E-state index is 6.07. The Hall–Kier alpha value is -0.740. The first-order valence-electron chi connectivity index (χ1n) is 6.04. The van der Waals surface area contributed by atoms with Crippen molar-refractivity contribution in [3.05, 3.63) is 22.7 Å². The Morgan fingerprint density at radius 3 is 2.59 bits per heavy atom. The number of anilines is 2. The molecule has 1 fully saturated rings. The molecule has 2 N–H and O–H groups in total.